The van der Waals surface area contributed by atoms with Crippen LogP contribution in [0.1, 0.15) is 18.2 Å². The van der Waals surface area contributed by atoms with Crippen molar-refractivity contribution in [2.45, 2.75) is 20.3 Å². The maximum absolute atomic E-state index is 12.5. The minimum absolute atomic E-state index is 0.0271. The average molecular weight is 278 g/mol. The van der Waals surface area contributed by atoms with Crippen molar-refractivity contribution in [1.29, 1.82) is 0 Å². The number of hydrogen-bond donors (Lipinski definition) is 1. The van der Waals surface area contributed by atoms with E-state index in [1.807, 2.05) is 25.1 Å². The second kappa shape index (κ2) is 5.49. The van der Waals surface area contributed by atoms with Gasteiger partial charge in [0.25, 0.3) is 0 Å². The van der Waals surface area contributed by atoms with Crippen LogP contribution in [-0.4, -0.2) is 12.1 Å². The van der Waals surface area contributed by atoms with E-state index in [2.05, 4.69) is 4.98 Å². The third-order valence-corrected chi connectivity index (χ3v) is 3.26. The van der Waals surface area contributed by atoms with Gasteiger partial charge < -0.3 is 9.72 Å². The van der Waals surface area contributed by atoms with Gasteiger partial charge in [-0.15, -0.1) is 0 Å². The molecule has 0 saturated heterocycles. The molecule has 1 N–H and O–H groups in total. The van der Waals surface area contributed by atoms with E-state index < -0.39 is 0 Å². The maximum Gasteiger partial charge on any atom is 0.193 e. The lowest BCUT2D eigenvalue weighted by molar-refractivity contribution is 0.415. The molecule has 0 aliphatic heterocycles. The predicted molar refractivity (Wildman–Crippen MR) is 79.2 cm³/mol. The molecule has 0 radical (unpaired) electrons. The number of aromatic amines is 1. The molecule has 1 aromatic heterocycles. The molecular weight excluding hydrogens is 262 g/mol. The quantitative estimate of drug-likeness (QED) is 0.932. The Kier molecular flexibility index (Phi) is 3.96. The summed E-state index contributed by atoms with van der Waals surface area (Å²) in [6.07, 6.45) is 2.37. The number of fused-ring (bicyclic) bond motifs is 1. The van der Waals surface area contributed by atoms with Crippen LogP contribution in [-0.2, 0) is 6.42 Å². The Hall–Kier alpha value is -1.74. The highest BCUT2D eigenvalue weighted by molar-refractivity contribution is 6.29. The SMILES string of the molecule is COc1ccc2[nH]c(C)c(C/C=C(/C)Cl)c(=O)c2c1. The number of allylic oxidation sites excluding steroid dienone is 2. The van der Waals surface area contributed by atoms with Gasteiger partial charge >= 0.3 is 0 Å². The summed E-state index contributed by atoms with van der Waals surface area (Å²) in [7, 11) is 1.59. The second-order valence-electron chi connectivity index (χ2n) is 4.46. The number of methoxy groups -OCH3 is 1. The summed E-state index contributed by atoms with van der Waals surface area (Å²) >= 11 is 5.83. The molecule has 0 spiro atoms. The number of ether oxygens (including phenoxy) is 1. The second-order valence-corrected chi connectivity index (χ2v) is 5.06. The first kappa shape index (κ1) is 13.7. The van der Waals surface area contributed by atoms with Gasteiger partial charge in [-0.05, 0) is 38.5 Å². The fourth-order valence-corrected chi connectivity index (χ4v) is 2.12. The van der Waals surface area contributed by atoms with Crippen LogP contribution in [0.15, 0.2) is 34.1 Å². The Balaban J connectivity index is 2.65. The van der Waals surface area contributed by atoms with Gasteiger partial charge in [0.2, 0.25) is 0 Å². The number of benzene rings is 1. The Bertz CT molecular complexity index is 697. The van der Waals surface area contributed by atoms with E-state index in [1.165, 1.54) is 0 Å². The van der Waals surface area contributed by atoms with Crippen molar-refractivity contribution in [2.75, 3.05) is 7.11 Å². The predicted octanol–water partition coefficient (Wildman–Crippen LogP) is 3.53. The number of nitrogens with one attached hydrogen (secondary N) is 1. The van der Waals surface area contributed by atoms with Crippen LogP contribution in [0.25, 0.3) is 10.9 Å². The summed E-state index contributed by atoms with van der Waals surface area (Å²) in [6.45, 7) is 3.70. The zero-order valence-electron chi connectivity index (χ0n) is 11.2. The minimum Gasteiger partial charge on any atom is -0.497 e. The standard InChI is InChI=1S/C15H16ClNO2/c1-9(16)4-6-12-10(2)17-14-7-5-11(19-3)8-13(14)15(12)18/h4-5,7-8H,6H2,1-3H3,(H,17,18)/b9-4-. The summed E-state index contributed by atoms with van der Waals surface area (Å²) in [6, 6.07) is 5.45. The Labute approximate surface area is 116 Å². The Morgan fingerprint density at radius 1 is 1.47 bits per heavy atom. The summed E-state index contributed by atoms with van der Waals surface area (Å²) in [5, 5.41) is 1.32. The fraction of sp³-hybridized carbons (Fsp3) is 0.267. The molecule has 4 heteroatoms. The summed E-state index contributed by atoms with van der Waals surface area (Å²) in [4.78, 5) is 15.7. The number of hydrogen-bond acceptors (Lipinski definition) is 2. The third-order valence-electron chi connectivity index (χ3n) is 3.11. The van der Waals surface area contributed by atoms with E-state index in [0.29, 0.717) is 22.6 Å². The zero-order valence-corrected chi connectivity index (χ0v) is 12.0. The van der Waals surface area contributed by atoms with Crippen LogP contribution in [0.5, 0.6) is 5.75 Å². The molecule has 3 nitrogen and oxygen atoms in total. The number of rotatable bonds is 3. The van der Waals surface area contributed by atoms with Crippen LogP contribution >= 0.6 is 11.6 Å². The van der Waals surface area contributed by atoms with E-state index in [1.54, 1.807) is 20.1 Å². The molecule has 0 aliphatic carbocycles. The molecule has 0 atom stereocenters. The smallest absolute Gasteiger partial charge is 0.193 e. The van der Waals surface area contributed by atoms with Crippen LogP contribution in [0.4, 0.5) is 0 Å². The van der Waals surface area contributed by atoms with Crippen LogP contribution < -0.4 is 10.2 Å². The van der Waals surface area contributed by atoms with Gasteiger partial charge in [0.15, 0.2) is 5.43 Å². The molecule has 1 aromatic carbocycles. The van der Waals surface area contributed by atoms with E-state index >= 15 is 0 Å². The van der Waals surface area contributed by atoms with Crippen molar-refractivity contribution in [2.24, 2.45) is 0 Å². The summed E-state index contributed by atoms with van der Waals surface area (Å²) in [5.41, 5.74) is 2.45. The van der Waals surface area contributed by atoms with Gasteiger partial charge in [-0.2, -0.15) is 0 Å². The highest BCUT2D eigenvalue weighted by Crippen LogP contribution is 2.18. The van der Waals surface area contributed by atoms with Crippen molar-refractivity contribution in [1.82, 2.24) is 4.98 Å². The van der Waals surface area contributed by atoms with Crippen molar-refractivity contribution in [3.63, 3.8) is 0 Å². The van der Waals surface area contributed by atoms with Gasteiger partial charge in [-0.3, -0.25) is 4.79 Å². The molecule has 0 amide bonds. The average Bonchev–Trinajstić information content (AvgIpc) is 2.38. The summed E-state index contributed by atoms with van der Waals surface area (Å²) in [5.74, 6) is 0.678. The monoisotopic (exact) mass is 277 g/mol. The van der Waals surface area contributed by atoms with Crippen molar-refractivity contribution in [3.8, 4) is 5.75 Å². The number of aromatic nitrogens is 1. The highest BCUT2D eigenvalue weighted by Gasteiger charge is 2.09. The third kappa shape index (κ3) is 2.82. The molecule has 100 valence electrons. The van der Waals surface area contributed by atoms with E-state index in [-0.39, 0.29) is 5.43 Å². The lowest BCUT2D eigenvalue weighted by atomic mass is 10.1. The van der Waals surface area contributed by atoms with Crippen LogP contribution in [0, 0.1) is 6.92 Å². The van der Waals surface area contributed by atoms with Crippen molar-refractivity contribution in [3.05, 3.63) is 50.8 Å². The lowest BCUT2D eigenvalue weighted by Gasteiger charge is -2.08. The fourth-order valence-electron chi connectivity index (χ4n) is 2.05. The molecular formula is C15H16ClNO2. The topological polar surface area (TPSA) is 42.1 Å². The lowest BCUT2D eigenvalue weighted by Crippen LogP contribution is -2.12. The number of pyridine rings is 1. The molecule has 0 bridgehead atoms. The van der Waals surface area contributed by atoms with Crippen LogP contribution in [0.2, 0.25) is 0 Å². The van der Waals surface area contributed by atoms with Gasteiger partial charge in [0.1, 0.15) is 5.75 Å². The maximum atomic E-state index is 12.5. The first-order valence-electron chi connectivity index (χ1n) is 6.04. The van der Waals surface area contributed by atoms with Gasteiger partial charge in [0, 0.05) is 27.2 Å². The number of halogens is 1. The van der Waals surface area contributed by atoms with Crippen molar-refractivity contribution >= 4 is 22.5 Å². The number of H-pyrrole nitrogens is 1. The highest BCUT2D eigenvalue weighted by atomic mass is 35.5. The summed E-state index contributed by atoms with van der Waals surface area (Å²) < 4.78 is 5.16. The van der Waals surface area contributed by atoms with Gasteiger partial charge in [0.05, 0.1) is 7.11 Å². The first-order chi connectivity index (χ1) is 9.02. The van der Waals surface area contributed by atoms with E-state index in [0.717, 1.165) is 16.8 Å². The van der Waals surface area contributed by atoms with Gasteiger partial charge in [-0.25, -0.2) is 0 Å². The normalized spacial score (nSPS) is 11.9. The van der Waals surface area contributed by atoms with E-state index in [9.17, 15) is 4.79 Å². The van der Waals surface area contributed by atoms with E-state index in [4.69, 9.17) is 16.3 Å². The molecule has 0 aliphatic rings. The molecule has 19 heavy (non-hydrogen) atoms. The Morgan fingerprint density at radius 2 is 2.21 bits per heavy atom. The van der Waals surface area contributed by atoms with Gasteiger partial charge in [-0.1, -0.05) is 17.7 Å². The largest absolute Gasteiger partial charge is 0.497 e. The van der Waals surface area contributed by atoms with Crippen LogP contribution in [0.3, 0.4) is 0 Å². The zero-order chi connectivity index (χ0) is 14.0. The molecule has 0 unspecified atom stereocenters. The Morgan fingerprint density at radius 3 is 2.84 bits per heavy atom. The first-order valence-corrected chi connectivity index (χ1v) is 6.42. The molecule has 2 aromatic rings. The molecule has 2 rings (SSSR count). The molecule has 0 fully saturated rings. The molecule has 1 heterocycles. The molecule has 0 saturated carbocycles. The minimum atomic E-state index is 0.0271. The number of aryl methyl sites for hydroxylation is 1. The van der Waals surface area contributed by atoms with Crippen molar-refractivity contribution < 1.29 is 4.74 Å².